The molecule has 0 unspecified atom stereocenters. The number of rotatable bonds is 11. The number of hydrogen-bond acceptors (Lipinski definition) is 9. The zero-order valence-electron chi connectivity index (χ0n) is 26.0. The van der Waals surface area contributed by atoms with Gasteiger partial charge in [-0.2, -0.15) is 18.2 Å². The molecule has 0 saturated heterocycles. The summed E-state index contributed by atoms with van der Waals surface area (Å²) in [6.45, 7) is 5.96. The molecule has 3 heterocycles. The van der Waals surface area contributed by atoms with Gasteiger partial charge in [0.15, 0.2) is 6.61 Å². The first-order valence-corrected chi connectivity index (χ1v) is 14.9. The molecule has 10 nitrogen and oxygen atoms in total. The van der Waals surface area contributed by atoms with Gasteiger partial charge in [0.1, 0.15) is 11.6 Å². The molecule has 1 fully saturated rings. The van der Waals surface area contributed by atoms with Crippen LogP contribution in [0.15, 0.2) is 49.2 Å². The fourth-order valence-electron chi connectivity index (χ4n) is 5.97. The van der Waals surface area contributed by atoms with E-state index in [9.17, 15) is 18.0 Å². The number of likely N-dealkylation sites (N-methyl/N-ethyl adjacent to an activating group) is 2. The zero-order valence-corrected chi connectivity index (χ0v) is 26.0. The van der Waals surface area contributed by atoms with Crippen molar-refractivity contribution in [2.75, 3.05) is 67.8 Å². The Morgan fingerprint density at radius 3 is 2.56 bits per heavy atom. The van der Waals surface area contributed by atoms with Crippen LogP contribution in [0.2, 0.25) is 0 Å². The van der Waals surface area contributed by atoms with Crippen LogP contribution in [0.4, 0.5) is 47.7 Å². The molecule has 1 aromatic carbocycles. The van der Waals surface area contributed by atoms with Gasteiger partial charge in [-0.15, -0.1) is 0 Å². The Balaban J connectivity index is 1.51. The lowest BCUT2D eigenvalue weighted by Gasteiger charge is -2.26. The summed E-state index contributed by atoms with van der Waals surface area (Å²) in [5, 5.41) is 5.82. The largest absolute Gasteiger partial charge is 0.482 e. The van der Waals surface area contributed by atoms with Gasteiger partial charge in [0.25, 0.3) is 0 Å². The molecule has 0 bridgehead atoms. The molecule has 0 atom stereocenters. The third-order valence-electron chi connectivity index (χ3n) is 8.22. The predicted octanol–water partition coefficient (Wildman–Crippen LogP) is 5.95. The number of amides is 1. The highest BCUT2D eigenvalue weighted by Gasteiger charge is 2.46. The molecule has 1 aliphatic heterocycles. The Morgan fingerprint density at radius 1 is 1.11 bits per heavy atom. The van der Waals surface area contributed by atoms with Crippen LogP contribution in [-0.4, -0.2) is 79.3 Å². The van der Waals surface area contributed by atoms with Crippen molar-refractivity contribution < 1.29 is 22.7 Å². The number of carbonyl (C=O) groups excluding carboxylic acids is 1. The Morgan fingerprint density at radius 2 is 1.87 bits per heavy atom. The van der Waals surface area contributed by atoms with E-state index in [0.717, 1.165) is 55.4 Å². The fourth-order valence-corrected chi connectivity index (χ4v) is 5.97. The molecule has 1 amide bonds. The number of alkyl halides is 3. The maximum Gasteiger partial charge on any atom is 0.422 e. The molecule has 1 aliphatic carbocycles. The third-order valence-corrected chi connectivity index (χ3v) is 8.22. The summed E-state index contributed by atoms with van der Waals surface area (Å²) in [6, 6.07) is 8.86. The van der Waals surface area contributed by atoms with Gasteiger partial charge in [-0.3, -0.25) is 9.78 Å². The molecule has 2 aliphatic rings. The molecule has 13 heteroatoms. The highest BCUT2D eigenvalue weighted by atomic mass is 19.4. The van der Waals surface area contributed by atoms with E-state index >= 15 is 0 Å². The standard InChI is InChI=1S/C32H39F3N8O2/c1-6-28(44)38-22-17-23(26(45-20-32(33,34)35)18-25(22)42(5)16-15-41(3)4)39-30-36-14-11-27(40-30)43-19-31(12-7-8-13-31)29-24(43)10-9-21(2)37-29/h6,9-11,14,17-18H,1,7-8,12-13,15-16,19-20H2,2-5H3,(H,38,44)(H,36,39,40). The van der Waals surface area contributed by atoms with Gasteiger partial charge in [-0.25, -0.2) is 4.98 Å². The van der Waals surface area contributed by atoms with Gasteiger partial charge in [0.2, 0.25) is 11.9 Å². The lowest BCUT2D eigenvalue weighted by atomic mass is 9.84. The van der Waals surface area contributed by atoms with Crippen LogP contribution in [-0.2, 0) is 10.2 Å². The van der Waals surface area contributed by atoms with Gasteiger partial charge < -0.3 is 30.1 Å². The number of nitrogens with one attached hydrogen (secondary N) is 2. The number of fused-ring (bicyclic) bond motifs is 2. The van der Waals surface area contributed by atoms with Gasteiger partial charge in [0, 0.05) is 50.1 Å². The Bertz CT molecular complexity index is 1560. The Labute approximate surface area is 261 Å². The number of ether oxygens (including phenoxy) is 1. The molecule has 0 radical (unpaired) electrons. The summed E-state index contributed by atoms with van der Waals surface area (Å²) in [7, 11) is 5.62. The molecule has 2 N–H and O–H groups in total. The summed E-state index contributed by atoms with van der Waals surface area (Å²) in [6.07, 6.45) is 2.56. The van der Waals surface area contributed by atoms with E-state index in [0.29, 0.717) is 30.3 Å². The average molecular weight is 625 g/mol. The van der Waals surface area contributed by atoms with Crippen molar-refractivity contribution in [1.82, 2.24) is 19.9 Å². The summed E-state index contributed by atoms with van der Waals surface area (Å²) < 4.78 is 45.2. The van der Waals surface area contributed by atoms with Crippen LogP contribution in [0.5, 0.6) is 5.75 Å². The van der Waals surface area contributed by atoms with Crippen molar-refractivity contribution >= 4 is 40.4 Å². The van der Waals surface area contributed by atoms with Crippen molar-refractivity contribution in [3.05, 3.63) is 60.6 Å². The smallest absolute Gasteiger partial charge is 0.422 e. The van der Waals surface area contributed by atoms with Crippen molar-refractivity contribution in [2.45, 2.75) is 44.2 Å². The summed E-state index contributed by atoms with van der Waals surface area (Å²) in [5.74, 6) is 0.262. The number of carbonyl (C=O) groups is 1. The lowest BCUT2D eigenvalue weighted by molar-refractivity contribution is -0.153. The summed E-state index contributed by atoms with van der Waals surface area (Å²) in [4.78, 5) is 32.4. The van der Waals surface area contributed by atoms with Crippen LogP contribution < -0.4 is 25.2 Å². The van der Waals surface area contributed by atoms with Crippen LogP contribution in [0, 0.1) is 6.92 Å². The first-order chi connectivity index (χ1) is 21.4. The summed E-state index contributed by atoms with van der Waals surface area (Å²) >= 11 is 0. The topological polar surface area (TPSA) is 98.8 Å². The number of aromatic nitrogens is 3. The molecule has 2 aromatic heterocycles. The number of anilines is 6. The van der Waals surface area contributed by atoms with Crippen molar-refractivity contribution in [2.24, 2.45) is 0 Å². The highest BCUT2D eigenvalue weighted by Crippen LogP contribution is 2.51. The fraction of sp³-hybridized carbons (Fsp3) is 0.438. The average Bonchev–Trinajstić information content (AvgIpc) is 3.59. The molecular weight excluding hydrogens is 585 g/mol. The minimum absolute atomic E-state index is 0.0365. The van der Waals surface area contributed by atoms with Gasteiger partial charge in [-0.1, -0.05) is 19.4 Å². The molecule has 1 saturated carbocycles. The lowest BCUT2D eigenvalue weighted by Crippen LogP contribution is -2.29. The van der Waals surface area contributed by atoms with E-state index in [2.05, 4.69) is 33.2 Å². The third kappa shape index (κ3) is 7.30. The zero-order chi connectivity index (χ0) is 32.4. The molecular formula is C32H39F3N8O2. The molecule has 240 valence electrons. The molecule has 3 aromatic rings. The second kappa shape index (κ2) is 12.9. The van der Waals surface area contributed by atoms with E-state index in [4.69, 9.17) is 14.7 Å². The van der Waals surface area contributed by atoms with Gasteiger partial charge in [0.05, 0.1) is 28.4 Å². The number of nitrogens with zero attached hydrogens (tertiary/aromatic N) is 6. The first-order valence-electron chi connectivity index (χ1n) is 14.9. The Hall–Kier alpha value is -4.39. The first kappa shape index (κ1) is 32.0. The maximum absolute atomic E-state index is 13.3. The van der Waals surface area contributed by atoms with Crippen molar-refractivity contribution in [1.29, 1.82) is 0 Å². The summed E-state index contributed by atoms with van der Waals surface area (Å²) in [5.41, 5.74) is 4.01. The Kier molecular flexibility index (Phi) is 9.19. The van der Waals surface area contributed by atoms with E-state index in [-0.39, 0.29) is 22.8 Å². The second-order valence-corrected chi connectivity index (χ2v) is 11.9. The van der Waals surface area contributed by atoms with Crippen LogP contribution in [0.3, 0.4) is 0 Å². The van der Waals surface area contributed by atoms with Crippen molar-refractivity contribution in [3.63, 3.8) is 0 Å². The highest BCUT2D eigenvalue weighted by molar-refractivity contribution is 6.02. The normalized spacial score (nSPS) is 15.3. The van der Waals surface area contributed by atoms with E-state index in [1.807, 2.05) is 43.0 Å². The minimum atomic E-state index is -4.56. The van der Waals surface area contributed by atoms with Crippen LogP contribution in [0.25, 0.3) is 0 Å². The van der Waals surface area contributed by atoms with Crippen LogP contribution in [0.1, 0.15) is 37.1 Å². The molecule has 45 heavy (non-hydrogen) atoms. The predicted molar refractivity (Wildman–Crippen MR) is 170 cm³/mol. The number of hydrogen-bond donors (Lipinski definition) is 2. The number of pyridine rings is 1. The number of benzene rings is 1. The van der Waals surface area contributed by atoms with Crippen molar-refractivity contribution in [3.8, 4) is 5.75 Å². The van der Waals surface area contributed by atoms with E-state index < -0.39 is 18.7 Å². The van der Waals surface area contributed by atoms with E-state index in [1.165, 1.54) is 12.1 Å². The second-order valence-electron chi connectivity index (χ2n) is 11.9. The van der Waals surface area contributed by atoms with Gasteiger partial charge >= 0.3 is 6.18 Å². The number of halogens is 3. The monoisotopic (exact) mass is 624 g/mol. The van der Waals surface area contributed by atoms with Gasteiger partial charge in [-0.05, 0) is 64.2 Å². The van der Waals surface area contributed by atoms with Crippen LogP contribution >= 0.6 is 0 Å². The minimum Gasteiger partial charge on any atom is -0.482 e. The number of aryl methyl sites for hydroxylation is 1. The molecule has 5 rings (SSSR count). The maximum atomic E-state index is 13.3. The quantitative estimate of drug-likeness (QED) is 0.251. The molecule has 1 spiro atoms. The SMILES string of the molecule is C=CC(=O)Nc1cc(Nc2nccc(N3CC4(CCCC4)c4nc(C)ccc43)n2)c(OCC(F)(F)F)cc1N(C)CCN(C)C. The van der Waals surface area contributed by atoms with E-state index in [1.54, 1.807) is 13.2 Å².